The van der Waals surface area contributed by atoms with Gasteiger partial charge in [-0.2, -0.15) is 0 Å². The Morgan fingerprint density at radius 3 is 2.56 bits per heavy atom. The lowest BCUT2D eigenvalue weighted by molar-refractivity contribution is -0.528. The van der Waals surface area contributed by atoms with Crippen molar-refractivity contribution in [2.24, 2.45) is 5.92 Å². The Hall–Kier alpha value is -0.680. The molecule has 0 aromatic heterocycles. The standard InChI is InChI=1S/C11H21N3O2/c1-9-8-10(14(15)16)2-3-11(9)13-6-4-12-5-7-13/h9-12H,2-8H2,1H3. The highest BCUT2D eigenvalue weighted by Crippen LogP contribution is 2.29. The van der Waals surface area contributed by atoms with Crippen molar-refractivity contribution < 1.29 is 4.92 Å². The van der Waals surface area contributed by atoms with Gasteiger partial charge in [-0.15, -0.1) is 0 Å². The molecule has 0 radical (unpaired) electrons. The van der Waals surface area contributed by atoms with Gasteiger partial charge < -0.3 is 5.32 Å². The molecule has 0 aromatic rings. The van der Waals surface area contributed by atoms with Gasteiger partial charge in [0.1, 0.15) is 0 Å². The summed E-state index contributed by atoms with van der Waals surface area (Å²) < 4.78 is 0. The summed E-state index contributed by atoms with van der Waals surface area (Å²) in [5.41, 5.74) is 0. The topological polar surface area (TPSA) is 58.4 Å². The number of nitrogens with one attached hydrogen (secondary N) is 1. The van der Waals surface area contributed by atoms with E-state index in [0.29, 0.717) is 12.0 Å². The maximum Gasteiger partial charge on any atom is 0.213 e. The summed E-state index contributed by atoms with van der Waals surface area (Å²) in [5.74, 6) is 0.460. The first-order chi connectivity index (χ1) is 7.68. The third kappa shape index (κ3) is 2.52. The van der Waals surface area contributed by atoms with Gasteiger partial charge in [-0.1, -0.05) is 6.92 Å². The average molecular weight is 227 g/mol. The summed E-state index contributed by atoms with van der Waals surface area (Å²) in [6.45, 7) is 6.47. The van der Waals surface area contributed by atoms with E-state index >= 15 is 0 Å². The second-order valence-electron chi connectivity index (χ2n) is 5.08. The molecule has 1 heterocycles. The summed E-state index contributed by atoms with van der Waals surface area (Å²) in [6.07, 6.45) is 2.50. The van der Waals surface area contributed by atoms with E-state index in [9.17, 15) is 10.1 Å². The van der Waals surface area contributed by atoms with Crippen LogP contribution in [0.4, 0.5) is 0 Å². The van der Waals surface area contributed by atoms with Gasteiger partial charge in [0.15, 0.2) is 0 Å². The smallest absolute Gasteiger partial charge is 0.213 e. The van der Waals surface area contributed by atoms with Crippen LogP contribution in [0.25, 0.3) is 0 Å². The van der Waals surface area contributed by atoms with Crippen molar-refractivity contribution in [2.45, 2.75) is 38.3 Å². The predicted molar refractivity (Wildman–Crippen MR) is 62.0 cm³/mol. The molecule has 1 N–H and O–H groups in total. The highest BCUT2D eigenvalue weighted by atomic mass is 16.6. The fourth-order valence-electron chi connectivity index (χ4n) is 3.10. The summed E-state index contributed by atoms with van der Waals surface area (Å²) in [6, 6.07) is 0.271. The van der Waals surface area contributed by atoms with Crippen molar-refractivity contribution in [2.75, 3.05) is 26.2 Å². The van der Waals surface area contributed by atoms with Gasteiger partial charge in [0.05, 0.1) is 0 Å². The lowest BCUT2D eigenvalue weighted by atomic mass is 9.82. The van der Waals surface area contributed by atoms with E-state index in [1.807, 2.05) is 0 Å². The molecule has 2 rings (SSSR count). The Balaban J connectivity index is 1.90. The number of nitro groups is 1. The monoisotopic (exact) mass is 227 g/mol. The van der Waals surface area contributed by atoms with Crippen LogP contribution in [-0.2, 0) is 0 Å². The Kier molecular flexibility index (Phi) is 3.76. The second kappa shape index (κ2) is 5.10. The maximum atomic E-state index is 10.8. The summed E-state index contributed by atoms with van der Waals surface area (Å²) >= 11 is 0. The van der Waals surface area contributed by atoms with Crippen molar-refractivity contribution in [1.82, 2.24) is 10.2 Å². The van der Waals surface area contributed by atoms with Crippen molar-refractivity contribution in [3.63, 3.8) is 0 Å². The lowest BCUT2D eigenvalue weighted by Gasteiger charge is -2.41. The number of nitrogens with zero attached hydrogens (tertiary/aromatic N) is 2. The zero-order chi connectivity index (χ0) is 11.5. The van der Waals surface area contributed by atoms with Gasteiger partial charge >= 0.3 is 0 Å². The van der Waals surface area contributed by atoms with Crippen molar-refractivity contribution in [1.29, 1.82) is 0 Å². The molecule has 0 aromatic carbocycles. The Morgan fingerprint density at radius 1 is 1.31 bits per heavy atom. The zero-order valence-electron chi connectivity index (χ0n) is 9.89. The van der Waals surface area contributed by atoms with E-state index in [4.69, 9.17) is 0 Å². The van der Waals surface area contributed by atoms with Crippen LogP contribution in [0.1, 0.15) is 26.2 Å². The Labute approximate surface area is 96.3 Å². The highest BCUT2D eigenvalue weighted by Gasteiger charge is 2.36. The van der Waals surface area contributed by atoms with E-state index in [1.54, 1.807) is 0 Å². The number of rotatable bonds is 2. The quantitative estimate of drug-likeness (QED) is 0.558. The van der Waals surface area contributed by atoms with E-state index < -0.39 is 0 Å². The van der Waals surface area contributed by atoms with Gasteiger partial charge in [-0.3, -0.25) is 15.0 Å². The van der Waals surface area contributed by atoms with Crippen LogP contribution in [0.5, 0.6) is 0 Å². The molecule has 2 aliphatic rings. The maximum absolute atomic E-state index is 10.8. The number of hydrogen-bond donors (Lipinski definition) is 1. The second-order valence-corrected chi connectivity index (χ2v) is 5.08. The van der Waals surface area contributed by atoms with Crippen molar-refractivity contribution in [3.8, 4) is 0 Å². The van der Waals surface area contributed by atoms with Gasteiger partial charge in [-0.25, -0.2) is 0 Å². The summed E-state index contributed by atoms with van der Waals surface area (Å²) in [7, 11) is 0. The number of hydrogen-bond acceptors (Lipinski definition) is 4. The van der Waals surface area contributed by atoms with E-state index in [-0.39, 0.29) is 11.0 Å². The molecule has 5 heteroatoms. The van der Waals surface area contributed by atoms with Crippen LogP contribution in [-0.4, -0.2) is 48.1 Å². The zero-order valence-corrected chi connectivity index (χ0v) is 9.89. The first-order valence-electron chi connectivity index (χ1n) is 6.26. The minimum absolute atomic E-state index is 0.0928. The van der Waals surface area contributed by atoms with Gasteiger partial charge in [0.2, 0.25) is 6.04 Å². The molecule has 1 aliphatic heterocycles. The number of piperazine rings is 1. The Bertz CT molecular complexity index is 254. The predicted octanol–water partition coefficient (Wildman–Crippen LogP) is 0.725. The molecule has 0 bridgehead atoms. The van der Waals surface area contributed by atoms with Crippen LogP contribution in [0, 0.1) is 16.0 Å². The molecule has 16 heavy (non-hydrogen) atoms. The SMILES string of the molecule is CC1CC([N+](=O)[O-])CCC1N1CCNCC1. The molecule has 2 fully saturated rings. The van der Waals surface area contributed by atoms with Crippen LogP contribution in [0.3, 0.4) is 0 Å². The molecular weight excluding hydrogens is 206 g/mol. The average Bonchev–Trinajstić information content (AvgIpc) is 2.30. The summed E-state index contributed by atoms with van der Waals surface area (Å²) in [5, 5.41) is 14.1. The highest BCUT2D eigenvalue weighted by molar-refractivity contribution is 4.86. The lowest BCUT2D eigenvalue weighted by Crippen LogP contribution is -2.52. The van der Waals surface area contributed by atoms with E-state index in [0.717, 1.165) is 45.4 Å². The molecule has 1 saturated heterocycles. The van der Waals surface area contributed by atoms with Gasteiger partial charge in [0, 0.05) is 50.0 Å². The van der Waals surface area contributed by atoms with E-state index in [1.165, 1.54) is 0 Å². The molecule has 5 nitrogen and oxygen atoms in total. The van der Waals surface area contributed by atoms with E-state index in [2.05, 4.69) is 17.1 Å². The minimum Gasteiger partial charge on any atom is -0.314 e. The molecule has 3 atom stereocenters. The third-order valence-corrected chi connectivity index (χ3v) is 4.02. The van der Waals surface area contributed by atoms with Crippen molar-refractivity contribution in [3.05, 3.63) is 10.1 Å². The largest absolute Gasteiger partial charge is 0.314 e. The van der Waals surface area contributed by atoms with Gasteiger partial charge in [-0.05, 0) is 12.3 Å². The third-order valence-electron chi connectivity index (χ3n) is 4.02. The fraction of sp³-hybridized carbons (Fsp3) is 1.00. The molecule has 0 amide bonds. The van der Waals surface area contributed by atoms with Crippen LogP contribution in [0.2, 0.25) is 0 Å². The van der Waals surface area contributed by atoms with Crippen LogP contribution < -0.4 is 5.32 Å². The normalized spacial score (nSPS) is 37.2. The molecule has 0 spiro atoms. The first-order valence-corrected chi connectivity index (χ1v) is 6.26. The molecule has 3 unspecified atom stereocenters. The Morgan fingerprint density at radius 2 is 2.00 bits per heavy atom. The molecule has 1 aliphatic carbocycles. The molecule has 92 valence electrons. The van der Waals surface area contributed by atoms with Crippen LogP contribution >= 0.6 is 0 Å². The molecular formula is C11H21N3O2. The van der Waals surface area contributed by atoms with Crippen molar-refractivity contribution >= 4 is 0 Å². The first kappa shape index (κ1) is 11.8. The minimum atomic E-state index is -0.297. The fourth-order valence-corrected chi connectivity index (χ4v) is 3.10. The van der Waals surface area contributed by atoms with Gasteiger partial charge in [0.25, 0.3) is 0 Å². The summed E-state index contributed by atoms with van der Waals surface area (Å²) in [4.78, 5) is 13.2. The molecule has 1 saturated carbocycles. The van der Waals surface area contributed by atoms with Crippen LogP contribution in [0.15, 0.2) is 0 Å².